The molecule has 0 heterocycles. The summed E-state index contributed by atoms with van der Waals surface area (Å²) >= 11 is 0. The van der Waals surface area contributed by atoms with Crippen LogP contribution in [-0.2, 0) is 0 Å². The summed E-state index contributed by atoms with van der Waals surface area (Å²) in [4.78, 5) is 0. The molecule has 108 valence electrons. The van der Waals surface area contributed by atoms with Crippen molar-refractivity contribution >= 4 is 0 Å². The van der Waals surface area contributed by atoms with Crippen LogP contribution in [0, 0.1) is 23.7 Å². The van der Waals surface area contributed by atoms with Gasteiger partial charge in [-0.1, -0.05) is 62.8 Å². The molecule has 0 saturated heterocycles. The Balaban J connectivity index is 5.05. The Morgan fingerprint density at radius 3 is 2.40 bits per heavy atom. The molecule has 0 radical (unpaired) electrons. The van der Waals surface area contributed by atoms with E-state index in [0.29, 0.717) is 11.8 Å². The fourth-order valence-electron chi connectivity index (χ4n) is 2.07. The first-order chi connectivity index (χ1) is 9.64. The molecule has 0 bridgehead atoms. The number of allylic oxidation sites excluding steroid dienone is 8. The molecule has 2 unspecified atom stereocenters. The van der Waals surface area contributed by atoms with Crippen LogP contribution in [-0.4, -0.2) is 0 Å². The van der Waals surface area contributed by atoms with E-state index in [4.69, 9.17) is 0 Å². The highest BCUT2D eigenvalue weighted by Gasteiger charge is 2.08. The lowest BCUT2D eigenvalue weighted by Crippen LogP contribution is -2.00. The van der Waals surface area contributed by atoms with E-state index in [-0.39, 0.29) is 0 Å². The molecule has 0 aliphatic heterocycles. The van der Waals surface area contributed by atoms with E-state index in [1.807, 2.05) is 19.1 Å². The SMILES string of the molecule is C=C/C(=C\C(=C/C)C(C)/C=C\CC#CC)C(C=C)CC. The van der Waals surface area contributed by atoms with Crippen LogP contribution in [0.2, 0.25) is 0 Å². The van der Waals surface area contributed by atoms with Crippen LogP contribution in [0.25, 0.3) is 0 Å². The fourth-order valence-corrected chi connectivity index (χ4v) is 2.07. The minimum absolute atomic E-state index is 0.379. The van der Waals surface area contributed by atoms with E-state index < -0.39 is 0 Å². The normalized spacial score (nSPS) is 15.4. The summed E-state index contributed by atoms with van der Waals surface area (Å²) in [5, 5.41) is 0. The number of hydrogen-bond acceptors (Lipinski definition) is 0. The maximum atomic E-state index is 3.93. The predicted octanol–water partition coefficient (Wildman–Crippen LogP) is 5.86. The van der Waals surface area contributed by atoms with Crippen molar-refractivity contribution in [2.24, 2.45) is 11.8 Å². The summed E-state index contributed by atoms with van der Waals surface area (Å²) in [5.74, 6) is 6.72. The first-order valence-corrected chi connectivity index (χ1v) is 7.33. The molecule has 0 amide bonds. The predicted molar refractivity (Wildman–Crippen MR) is 92.4 cm³/mol. The van der Waals surface area contributed by atoms with Crippen molar-refractivity contribution in [3.63, 3.8) is 0 Å². The molecule has 2 atom stereocenters. The summed E-state index contributed by atoms with van der Waals surface area (Å²) in [6.45, 7) is 16.2. The molecular formula is C20H28. The molecule has 0 aromatic rings. The van der Waals surface area contributed by atoms with Gasteiger partial charge < -0.3 is 0 Å². The lowest BCUT2D eigenvalue weighted by atomic mass is 9.91. The minimum Gasteiger partial charge on any atom is -0.106 e. The zero-order chi connectivity index (χ0) is 15.4. The Morgan fingerprint density at radius 1 is 1.25 bits per heavy atom. The second kappa shape index (κ2) is 11.1. The third-order valence-electron chi connectivity index (χ3n) is 3.40. The van der Waals surface area contributed by atoms with Crippen molar-refractivity contribution in [1.29, 1.82) is 0 Å². The third kappa shape index (κ3) is 6.43. The quantitative estimate of drug-likeness (QED) is 0.294. The van der Waals surface area contributed by atoms with Crippen LogP contribution < -0.4 is 0 Å². The second-order valence-electron chi connectivity index (χ2n) is 4.74. The molecule has 20 heavy (non-hydrogen) atoms. The average Bonchev–Trinajstić information content (AvgIpc) is 2.47. The zero-order valence-electron chi connectivity index (χ0n) is 13.4. The monoisotopic (exact) mass is 268 g/mol. The van der Waals surface area contributed by atoms with Crippen LogP contribution in [0.1, 0.15) is 40.5 Å². The second-order valence-corrected chi connectivity index (χ2v) is 4.74. The maximum absolute atomic E-state index is 3.93. The van der Waals surface area contributed by atoms with E-state index in [9.17, 15) is 0 Å². The molecule has 0 aliphatic rings. The van der Waals surface area contributed by atoms with Crippen LogP contribution in [0.3, 0.4) is 0 Å². The fraction of sp³-hybridized carbons (Fsp3) is 0.400. The first-order valence-electron chi connectivity index (χ1n) is 7.33. The smallest absolute Gasteiger partial charge is 0.0269 e. The van der Waals surface area contributed by atoms with Crippen LogP contribution in [0.4, 0.5) is 0 Å². The topological polar surface area (TPSA) is 0 Å². The standard InChI is InChI=1S/C20H28/c1-7-12-13-14-15-17(6)19(10-4)16-20(11-5)18(8-2)9-3/h8,10-11,14-18H,2,5,9,13H2,1,3-4,6H3/b15-14-,19-10+,20-16+. The van der Waals surface area contributed by atoms with Gasteiger partial charge in [0.25, 0.3) is 0 Å². The highest BCUT2D eigenvalue weighted by molar-refractivity contribution is 5.35. The number of hydrogen-bond donors (Lipinski definition) is 0. The Bertz CT molecular complexity index is 446. The molecule has 0 aromatic heterocycles. The molecule has 0 saturated carbocycles. The van der Waals surface area contributed by atoms with Gasteiger partial charge in [-0.2, -0.15) is 0 Å². The first kappa shape index (κ1) is 18.3. The van der Waals surface area contributed by atoms with Gasteiger partial charge in [-0.25, -0.2) is 0 Å². The maximum Gasteiger partial charge on any atom is 0.0269 e. The van der Waals surface area contributed by atoms with Gasteiger partial charge >= 0.3 is 0 Å². The molecule has 0 fully saturated rings. The average molecular weight is 268 g/mol. The van der Waals surface area contributed by atoms with E-state index in [1.165, 1.54) is 11.1 Å². The van der Waals surface area contributed by atoms with Gasteiger partial charge in [0.1, 0.15) is 0 Å². The highest BCUT2D eigenvalue weighted by atomic mass is 14.1. The van der Waals surface area contributed by atoms with Gasteiger partial charge in [0, 0.05) is 12.3 Å². The molecule has 0 aliphatic carbocycles. The minimum atomic E-state index is 0.379. The molecule has 0 rings (SSSR count). The van der Waals surface area contributed by atoms with Gasteiger partial charge in [0.2, 0.25) is 0 Å². The zero-order valence-corrected chi connectivity index (χ0v) is 13.4. The van der Waals surface area contributed by atoms with E-state index in [2.05, 4.69) is 70.1 Å². The van der Waals surface area contributed by atoms with Crippen molar-refractivity contribution in [3.8, 4) is 11.8 Å². The van der Waals surface area contributed by atoms with E-state index >= 15 is 0 Å². The van der Waals surface area contributed by atoms with Crippen molar-refractivity contribution in [1.82, 2.24) is 0 Å². The van der Waals surface area contributed by atoms with Crippen molar-refractivity contribution in [2.45, 2.75) is 40.5 Å². The van der Waals surface area contributed by atoms with Gasteiger partial charge in [0.15, 0.2) is 0 Å². The molecule has 0 N–H and O–H groups in total. The number of rotatable bonds is 8. The van der Waals surface area contributed by atoms with Crippen LogP contribution in [0.5, 0.6) is 0 Å². The molecule has 0 aromatic carbocycles. The van der Waals surface area contributed by atoms with Crippen LogP contribution in [0.15, 0.2) is 60.8 Å². The Kier molecular flexibility index (Phi) is 10.2. The molecular weight excluding hydrogens is 240 g/mol. The van der Waals surface area contributed by atoms with Gasteiger partial charge in [-0.15, -0.1) is 12.5 Å². The van der Waals surface area contributed by atoms with Crippen molar-refractivity contribution in [2.75, 3.05) is 0 Å². The molecule has 0 nitrogen and oxygen atoms in total. The third-order valence-corrected chi connectivity index (χ3v) is 3.40. The lowest BCUT2D eigenvalue weighted by molar-refractivity contribution is 0.741. The Hall–Kier alpha value is -1.74. The van der Waals surface area contributed by atoms with Crippen LogP contribution >= 0.6 is 0 Å². The van der Waals surface area contributed by atoms with Gasteiger partial charge in [-0.3, -0.25) is 0 Å². The van der Waals surface area contributed by atoms with Crippen molar-refractivity contribution < 1.29 is 0 Å². The largest absolute Gasteiger partial charge is 0.106 e. The Morgan fingerprint density at radius 2 is 1.95 bits per heavy atom. The van der Waals surface area contributed by atoms with Gasteiger partial charge in [-0.05, 0) is 37.3 Å². The summed E-state index contributed by atoms with van der Waals surface area (Å²) in [5.41, 5.74) is 2.55. The summed E-state index contributed by atoms with van der Waals surface area (Å²) in [7, 11) is 0. The highest BCUT2D eigenvalue weighted by Crippen LogP contribution is 2.23. The molecule has 0 heteroatoms. The summed E-state index contributed by atoms with van der Waals surface area (Å²) < 4.78 is 0. The van der Waals surface area contributed by atoms with E-state index in [1.54, 1.807) is 0 Å². The Labute approximate surface area is 125 Å². The summed E-state index contributed by atoms with van der Waals surface area (Å²) in [6, 6.07) is 0. The van der Waals surface area contributed by atoms with Crippen molar-refractivity contribution in [3.05, 3.63) is 60.8 Å². The molecule has 0 spiro atoms. The van der Waals surface area contributed by atoms with Gasteiger partial charge in [0.05, 0.1) is 0 Å². The lowest BCUT2D eigenvalue weighted by Gasteiger charge is -2.14. The van der Waals surface area contributed by atoms with E-state index in [0.717, 1.165) is 12.8 Å². The summed E-state index contributed by atoms with van der Waals surface area (Å²) in [6.07, 6.45) is 14.6.